The molecular weight excluding hydrogens is 262 g/mol. The predicted octanol–water partition coefficient (Wildman–Crippen LogP) is 2.44. The van der Waals surface area contributed by atoms with Crippen molar-refractivity contribution in [1.82, 2.24) is 15.2 Å². The van der Waals surface area contributed by atoms with Crippen LogP contribution in [0, 0.1) is 0 Å². The standard InChI is InChI=1S/C5H2BrN3OS2/c6-3-8-9-5(11-3)12-4-7-1-2-10-4/h1-2H. The topological polar surface area (TPSA) is 51.8 Å². The summed E-state index contributed by atoms with van der Waals surface area (Å²) in [7, 11) is 0. The smallest absolute Gasteiger partial charge is 0.262 e. The minimum atomic E-state index is 0.582. The summed E-state index contributed by atoms with van der Waals surface area (Å²) in [5.74, 6) is 0. The van der Waals surface area contributed by atoms with E-state index < -0.39 is 0 Å². The summed E-state index contributed by atoms with van der Waals surface area (Å²) in [6.07, 6.45) is 3.12. The number of halogens is 1. The summed E-state index contributed by atoms with van der Waals surface area (Å²) < 4.78 is 6.59. The second kappa shape index (κ2) is 3.55. The van der Waals surface area contributed by atoms with Crippen LogP contribution in [-0.2, 0) is 0 Å². The van der Waals surface area contributed by atoms with Crippen LogP contribution in [-0.4, -0.2) is 15.2 Å². The van der Waals surface area contributed by atoms with Crippen molar-refractivity contribution < 1.29 is 4.42 Å². The first-order valence-electron chi connectivity index (χ1n) is 2.91. The van der Waals surface area contributed by atoms with E-state index in [9.17, 15) is 0 Å². The zero-order valence-corrected chi connectivity index (χ0v) is 8.82. The van der Waals surface area contributed by atoms with Gasteiger partial charge in [0.15, 0.2) is 8.26 Å². The second-order valence-corrected chi connectivity index (χ2v) is 5.17. The Bertz CT molecular complexity index is 360. The molecule has 0 amide bonds. The van der Waals surface area contributed by atoms with Gasteiger partial charge in [-0.25, -0.2) is 4.98 Å². The van der Waals surface area contributed by atoms with Crippen LogP contribution in [0.15, 0.2) is 30.4 Å². The quantitative estimate of drug-likeness (QED) is 0.833. The molecule has 0 N–H and O–H groups in total. The lowest BCUT2D eigenvalue weighted by Crippen LogP contribution is -1.70. The lowest BCUT2D eigenvalue weighted by Gasteiger charge is -1.84. The molecule has 0 fully saturated rings. The summed E-state index contributed by atoms with van der Waals surface area (Å²) in [4.78, 5) is 3.94. The van der Waals surface area contributed by atoms with Crippen molar-refractivity contribution >= 4 is 39.0 Å². The fourth-order valence-electron chi connectivity index (χ4n) is 0.570. The van der Waals surface area contributed by atoms with Crippen LogP contribution in [0.25, 0.3) is 0 Å². The monoisotopic (exact) mass is 263 g/mol. The van der Waals surface area contributed by atoms with Crippen molar-refractivity contribution in [2.24, 2.45) is 0 Å². The highest BCUT2D eigenvalue weighted by Crippen LogP contribution is 2.30. The second-order valence-electron chi connectivity index (χ2n) is 1.72. The summed E-state index contributed by atoms with van der Waals surface area (Å²) in [6, 6.07) is 0. The van der Waals surface area contributed by atoms with Crippen LogP contribution < -0.4 is 0 Å². The SMILES string of the molecule is Brc1nnc(Sc2ncco2)s1. The molecule has 12 heavy (non-hydrogen) atoms. The van der Waals surface area contributed by atoms with Crippen molar-refractivity contribution in [2.75, 3.05) is 0 Å². The molecule has 2 rings (SSSR count). The Balaban J connectivity index is 2.14. The van der Waals surface area contributed by atoms with Crippen LogP contribution >= 0.6 is 39.0 Å². The van der Waals surface area contributed by atoms with Gasteiger partial charge in [0, 0.05) is 11.8 Å². The van der Waals surface area contributed by atoms with E-state index in [4.69, 9.17) is 4.42 Å². The Morgan fingerprint density at radius 3 is 3.00 bits per heavy atom. The molecule has 0 radical (unpaired) electrons. The van der Waals surface area contributed by atoms with E-state index >= 15 is 0 Å². The van der Waals surface area contributed by atoms with E-state index in [1.807, 2.05) is 0 Å². The van der Waals surface area contributed by atoms with Gasteiger partial charge in [-0.05, 0) is 15.9 Å². The molecule has 0 aliphatic heterocycles. The highest BCUT2D eigenvalue weighted by molar-refractivity contribution is 9.11. The van der Waals surface area contributed by atoms with Gasteiger partial charge in [0.2, 0.25) is 0 Å². The summed E-state index contributed by atoms with van der Waals surface area (Å²) in [5, 5.41) is 8.25. The van der Waals surface area contributed by atoms with Crippen molar-refractivity contribution in [3.63, 3.8) is 0 Å². The highest BCUT2D eigenvalue weighted by Gasteiger charge is 2.06. The first kappa shape index (κ1) is 8.21. The number of hydrogen-bond donors (Lipinski definition) is 0. The maximum atomic E-state index is 5.02. The number of rotatable bonds is 2. The molecule has 0 bridgehead atoms. The van der Waals surface area contributed by atoms with Gasteiger partial charge in [0.25, 0.3) is 5.22 Å². The van der Waals surface area contributed by atoms with Crippen LogP contribution in [0.1, 0.15) is 0 Å². The third-order valence-corrected chi connectivity index (χ3v) is 3.25. The van der Waals surface area contributed by atoms with Gasteiger partial charge in [-0.3, -0.25) is 0 Å². The fraction of sp³-hybridized carbons (Fsp3) is 0. The first-order chi connectivity index (χ1) is 5.84. The molecule has 62 valence electrons. The number of nitrogens with zero attached hydrogens (tertiary/aromatic N) is 3. The molecule has 0 aromatic carbocycles. The van der Waals surface area contributed by atoms with E-state index in [0.717, 1.165) is 8.26 Å². The van der Waals surface area contributed by atoms with E-state index in [2.05, 4.69) is 31.1 Å². The third-order valence-electron chi connectivity index (χ3n) is 0.966. The van der Waals surface area contributed by atoms with E-state index in [1.165, 1.54) is 29.4 Å². The van der Waals surface area contributed by atoms with Crippen LogP contribution in [0.2, 0.25) is 0 Å². The van der Waals surface area contributed by atoms with Gasteiger partial charge >= 0.3 is 0 Å². The van der Waals surface area contributed by atoms with Gasteiger partial charge in [0.05, 0.1) is 6.20 Å². The van der Waals surface area contributed by atoms with Crippen LogP contribution in [0.4, 0.5) is 0 Å². The van der Waals surface area contributed by atoms with E-state index in [0.29, 0.717) is 5.22 Å². The Hall–Kier alpha value is -0.400. The Kier molecular flexibility index (Phi) is 2.43. The lowest BCUT2D eigenvalue weighted by atomic mass is 11.0. The molecule has 2 heterocycles. The molecule has 0 atom stereocenters. The van der Waals surface area contributed by atoms with Gasteiger partial charge in [-0.15, -0.1) is 10.2 Å². The number of hydrogen-bond acceptors (Lipinski definition) is 6. The lowest BCUT2D eigenvalue weighted by molar-refractivity contribution is 0.454. The van der Waals surface area contributed by atoms with Gasteiger partial charge in [-0.1, -0.05) is 11.3 Å². The van der Waals surface area contributed by atoms with Crippen molar-refractivity contribution in [3.05, 3.63) is 16.4 Å². The predicted molar refractivity (Wildman–Crippen MR) is 48.2 cm³/mol. The minimum absolute atomic E-state index is 0.582. The molecule has 0 spiro atoms. The molecule has 0 unspecified atom stereocenters. The summed E-state index contributed by atoms with van der Waals surface area (Å²) in [5.41, 5.74) is 0. The van der Waals surface area contributed by atoms with Gasteiger partial charge < -0.3 is 4.42 Å². The average molecular weight is 264 g/mol. The zero-order valence-electron chi connectivity index (χ0n) is 5.60. The van der Waals surface area contributed by atoms with E-state index in [-0.39, 0.29) is 0 Å². The molecule has 2 aromatic rings. The molecule has 0 saturated heterocycles. The fourth-order valence-corrected chi connectivity index (χ4v) is 2.80. The number of oxazole rings is 1. The normalized spacial score (nSPS) is 10.4. The number of aromatic nitrogens is 3. The van der Waals surface area contributed by atoms with Crippen molar-refractivity contribution in [2.45, 2.75) is 9.56 Å². The zero-order chi connectivity index (χ0) is 8.39. The first-order valence-corrected chi connectivity index (χ1v) is 5.33. The molecule has 7 heteroatoms. The summed E-state index contributed by atoms with van der Waals surface area (Å²) >= 11 is 6.01. The Labute approximate surface area is 84.5 Å². The van der Waals surface area contributed by atoms with Gasteiger partial charge in [0.1, 0.15) is 6.26 Å². The largest absolute Gasteiger partial charge is 0.440 e. The highest BCUT2D eigenvalue weighted by atomic mass is 79.9. The Morgan fingerprint density at radius 1 is 1.50 bits per heavy atom. The molecule has 0 aliphatic carbocycles. The van der Waals surface area contributed by atoms with Crippen LogP contribution in [0.5, 0.6) is 0 Å². The summed E-state index contributed by atoms with van der Waals surface area (Å²) in [6.45, 7) is 0. The van der Waals surface area contributed by atoms with Crippen LogP contribution in [0.3, 0.4) is 0 Å². The molecule has 0 saturated carbocycles. The van der Waals surface area contributed by atoms with Crippen molar-refractivity contribution in [1.29, 1.82) is 0 Å². The average Bonchev–Trinajstić information content (AvgIpc) is 2.63. The molecule has 2 aromatic heterocycles. The molecule has 4 nitrogen and oxygen atoms in total. The minimum Gasteiger partial charge on any atom is -0.440 e. The molecule has 0 aliphatic rings. The maximum Gasteiger partial charge on any atom is 0.262 e. The molecular formula is C5H2BrN3OS2. The maximum absolute atomic E-state index is 5.02. The van der Waals surface area contributed by atoms with Gasteiger partial charge in [-0.2, -0.15) is 0 Å². The van der Waals surface area contributed by atoms with Crippen molar-refractivity contribution in [3.8, 4) is 0 Å². The Morgan fingerprint density at radius 2 is 2.42 bits per heavy atom. The van der Waals surface area contributed by atoms with E-state index in [1.54, 1.807) is 6.20 Å². The third kappa shape index (κ3) is 1.85.